The molecule has 0 atom stereocenters. The van der Waals surface area contributed by atoms with Crippen molar-refractivity contribution in [1.82, 2.24) is 4.31 Å². The molecule has 4 rings (SSSR count). The maximum Gasteiger partial charge on any atom is 0.291 e. The van der Waals surface area contributed by atoms with Crippen molar-refractivity contribution in [2.75, 3.05) is 18.4 Å². The first-order valence-corrected chi connectivity index (χ1v) is 11.4. The fourth-order valence-corrected chi connectivity index (χ4v) is 5.05. The lowest BCUT2D eigenvalue weighted by molar-refractivity contribution is 0.0994. The Hall–Kier alpha value is -3.23. The highest BCUT2D eigenvalue weighted by molar-refractivity contribution is 7.89. The Morgan fingerprint density at radius 3 is 2.35 bits per heavy atom. The number of hydrogen-bond acceptors (Lipinski definition) is 5. The number of nitrogens with zero attached hydrogens (tertiary/aromatic N) is 1. The molecule has 0 radical (unpaired) electrons. The molecule has 1 aliphatic rings. The second-order valence-electron chi connectivity index (χ2n) is 7.39. The molecule has 0 bridgehead atoms. The molecule has 7 nitrogen and oxygen atoms in total. The first kappa shape index (κ1) is 21.0. The van der Waals surface area contributed by atoms with E-state index in [1.807, 2.05) is 0 Å². The summed E-state index contributed by atoms with van der Waals surface area (Å²) in [5, 5.41) is 2.69. The molecule has 1 aliphatic heterocycles. The molecule has 0 saturated carbocycles. The predicted molar refractivity (Wildman–Crippen MR) is 117 cm³/mol. The van der Waals surface area contributed by atoms with Gasteiger partial charge in [0.05, 0.1) is 4.90 Å². The van der Waals surface area contributed by atoms with E-state index in [4.69, 9.17) is 4.42 Å². The van der Waals surface area contributed by atoms with Gasteiger partial charge < -0.3 is 9.73 Å². The Morgan fingerprint density at radius 1 is 0.968 bits per heavy atom. The third-order valence-corrected chi connectivity index (χ3v) is 7.10. The quantitative estimate of drug-likeness (QED) is 0.582. The Morgan fingerprint density at radius 2 is 1.68 bits per heavy atom. The molecule has 1 N–H and O–H groups in total. The van der Waals surface area contributed by atoms with Crippen molar-refractivity contribution < 1.29 is 22.4 Å². The SMILES string of the molecule is CC(=O)c1ccc(-c2ccc(C(=O)Nc3cccc(S(=O)(=O)N4CCCC4)c3)o2)cc1. The van der Waals surface area contributed by atoms with Gasteiger partial charge in [0.15, 0.2) is 11.5 Å². The molecule has 1 aromatic heterocycles. The van der Waals surface area contributed by atoms with Gasteiger partial charge in [-0.1, -0.05) is 30.3 Å². The van der Waals surface area contributed by atoms with Crippen molar-refractivity contribution in [3.63, 3.8) is 0 Å². The third-order valence-electron chi connectivity index (χ3n) is 5.20. The van der Waals surface area contributed by atoms with Gasteiger partial charge in [0.2, 0.25) is 10.0 Å². The lowest BCUT2D eigenvalue weighted by atomic mass is 10.1. The topological polar surface area (TPSA) is 96.7 Å². The van der Waals surface area contributed by atoms with Crippen molar-refractivity contribution in [3.8, 4) is 11.3 Å². The van der Waals surface area contributed by atoms with Crippen LogP contribution in [-0.4, -0.2) is 37.5 Å². The third kappa shape index (κ3) is 4.45. The number of ketones is 1. The molecule has 31 heavy (non-hydrogen) atoms. The molecular formula is C23H22N2O5S. The van der Waals surface area contributed by atoms with E-state index >= 15 is 0 Å². The summed E-state index contributed by atoms with van der Waals surface area (Å²) in [5.41, 5.74) is 1.70. The van der Waals surface area contributed by atoms with Crippen LogP contribution in [-0.2, 0) is 10.0 Å². The first-order valence-electron chi connectivity index (χ1n) is 9.97. The number of sulfonamides is 1. The molecule has 3 aromatic rings. The molecule has 0 unspecified atom stereocenters. The first-order chi connectivity index (χ1) is 14.8. The minimum absolute atomic E-state index is 0.0277. The predicted octanol–water partition coefficient (Wildman–Crippen LogP) is 4.19. The van der Waals surface area contributed by atoms with Crippen molar-refractivity contribution in [2.45, 2.75) is 24.7 Å². The zero-order valence-electron chi connectivity index (χ0n) is 17.0. The van der Waals surface area contributed by atoms with Crippen LogP contribution in [0.25, 0.3) is 11.3 Å². The van der Waals surface area contributed by atoms with E-state index in [2.05, 4.69) is 5.32 Å². The Labute approximate surface area is 180 Å². The number of amides is 1. The van der Waals surface area contributed by atoms with Crippen LogP contribution in [0.3, 0.4) is 0 Å². The van der Waals surface area contributed by atoms with E-state index in [1.54, 1.807) is 48.5 Å². The molecule has 8 heteroatoms. The van der Waals surface area contributed by atoms with Crippen molar-refractivity contribution in [3.05, 3.63) is 72.0 Å². The van der Waals surface area contributed by atoms with E-state index in [0.29, 0.717) is 30.1 Å². The molecule has 1 fully saturated rings. The molecule has 160 valence electrons. The summed E-state index contributed by atoms with van der Waals surface area (Å²) in [5.74, 6) is 0.0754. The van der Waals surface area contributed by atoms with E-state index < -0.39 is 15.9 Å². The van der Waals surface area contributed by atoms with Crippen LogP contribution in [0.4, 0.5) is 5.69 Å². The standard InChI is InChI=1S/C23H22N2O5S/c1-16(26)17-7-9-18(10-8-17)21-11-12-22(30-21)23(27)24-19-5-4-6-20(15-19)31(28,29)25-13-2-3-14-25/h4-12,15H,2-3,13-14H2,1H3,(H,24,27). The average molecular weight is 439 g/mol. The van der Waals surface area contributed by atoms with Crippen LogP contribution in [0, 0.1) is 0 Å². The molecule has 2 aromatic carbocycles. The Balaban J connectivity index is 1.50. The minimum atomic E-state index is -3.57. The number of benzene rings is 2. The average Bonchev–Trinajstić information content (AvgIpc) is 3.47. The van der Waals surface area contributed by atoms with Gasteiger partial charge in [-0.2, -0.15) is 4.31 Å². The van der Waals surface area contributed by atoms with Gasteiger partial charge in [0.1, 0.15) is 5.76 Å². The van der Waals surface area contributed by atoms with Crippen LogP contribution in [0.15, 0.2) is 70.0 Å². The van der Waals surface area contributed by atoms with Gasteiger partial charge in [-0.15, -0.1) is 0 Å². The van der Waals surface area contributed by atoms with Gasteiger partial charge in [-0.25, -0.2) is 8.42 Å². The van der Waals surface area contributed by atoms with Crippen LogP contribution >= 0.6 is 0 Å². The summed E-state index contributed by atoms with van der Waals surface area (Å²) in [6.45, 7) is 2.53. The molecular weight excluding hydrogens is 416 g/mol. The Kier molecular flexibility index (Phi) is 5.75. The number of nitrogens with one attached hydrogen (secondary N) is 1. The van der Waals surface area contributed by atoms with Crippen LogP contribution in [0.2, 0.25) is 0 Å². The van der Waals surface area contributed by atoms with Crippen molar-refractivity contribution in [2.24, 2.45) is 0 Å². The van der Waals surface area contributed by atoms with Crippen LogP contribution in [0.5, 0.6) is 0 Å². The van der Waals surface area contributed by atoms with Gasteiger partial charge in [0, 0.05) is 29.9 Å². The number of Topliss-reactive ketones (excluding diaryl/α,β-unsaturated/α-hetero) is 1. The zero-order valence-corrected chi connectivity index (χ0v) is 17.8. The lowest BCUT2D eigenvalue weighted by Crippen LogP contribution is -2.27. The van der Waals surface area contributed by atoms with Crippen LogP contribution < -0.4 is 5.32 Å². The summed E-state index contributed by atoms with van der Waals surface area (Å²) in [6.07, 6.45) is 1.71. The highest BCUT2D eigenvalue weighted by atomic mass is 32.2. The number of furan rings is 1. The van der Waals surface area contributed by atoms with Gasteiger partial charge in [0.25, 0.3) is 5.91 Å². The number of anilines is 1. The minimum Gasteiger partial charge on any atom is -0.451 e. The van der Waals surface area contributed by atoms with Gasteiger partial charge in [-0.05, 0) is 50.1 Å². The maximum atomic E-state index is 12.7. The van der Waals surface area contributed by atoms with E-state index in [1.165, 1.54) is 23.4 Å². The number of hydrogen-bond donors (Lipinski definition) is 1. The van der Waals surface area contributed by atoms with Gasteiger partial charge in [-0.3, -0.25) is 9.59 Å². The smallest absolute Gasteiger partial charge is 0.291 e. The summed E-state index contributed by atoms with van der Waals surface area (Å²) >= 11 is 0. The summed E-state index contributed by atoms with van der Waals surface area (Å²) < 4.78 is 32.6. The second-order valence-corrected chi connectivity index (χ2v) is 9.33. The Bertz CT molecular complexity index is 1220. The van der Waals surface area contributed by atoms with Crippen molar-refractivity contribution >= 4 is 27.4 Å². The second kappa shape index (κ2) is 8.49. The summed E-state index contributed by atoms with van der Waals surface area (Å²) in [6, 6.07) is 16.3. The molecule has 1 saturated heterocycles. The highest BCUT2D eigenvalue weighted by Crippen LogP contribution is 2.25. The molecule has 0 aliphatic carbocycles. The fourth-order valence-electron chi connectivity index (χ4n) is 3.49. The van der Waals surface area contributed by atoms with E-state index in [9.17, 15) is 18.0 Å². The monoisotopic (exact) mass is 438 g/mol. The van der Waals surface area contributed by atoms with Crippen LogP contribution in [0.1, 0.15) is 40.7 Å². The normalized spacial score (nSPS) is 14.5. The number of carbonyl (C=O) groups excluding carboxylic acids is 2. The van der Waals surface area contributed by atoms with Crippen molar-refractivity contribution in [1.29, 1.82) is 0 Å². The lowest BCUT2D eigenvalue weighted by Gasteiger charge is -2.16. The van der Waals surface area contributed by atoms with Gasteiger partial charge >= 0.3 is 0 Å². The largest absolute Gasteiger partial charge is 0.451 e. The summed E-state index contributed by atoms with van der Waals surface area (Å²) in [4.78, 5) is 24.2. The summed E-state index contributed by atoms with van der Waals surface area (Å²) in [7, 11) is -3.57. The van der Waals surface area contributed by atoms with E-state index in [-0.39, 0.29) is 16.4 Å². The van der Waals surface area contributed by atoms with E-state index in [0.717, 1.165) is 18.4 Å². The molecule has 2 heterocycles. The number of rotatable bonds is 6. The number of carbonyl (C=O) groups is 2. The molecule has 1 amide bonds. The molecule has 0 spiro atoms. The maximum absolute atomic E-state index is 12.7. The fraction of sp³-hybridized carbons (Fsp3) is 0.217. The highest BCUT2D eigenvalue weighted by Gasteiger charge is 2.27. The zero-order chi connectivity index (χ0) is 22.0.